The number of ether oxygens (including phenoxy) is 2. The molecule has 1 N–H and O–H groups in total. The van der Waals surface area contributed by atoms with Crippen molar-refractivity contribution >= 4 is 17.5 Å². The molecule has 7 nitrogen and oxygen atoms in total. The number of carbonyl (C=O) groups is 2. The Hall–Kier alpha value is -2.57. The van der Waals surface area contributed by atoms with Crippen LogP contribution in [0.3, 0.4) is 0 Å². The minimum absolute atomic E-state index is 0.0418. The topological polar surface area (TPSA) is 80.2 Å². The molecule has 7 heteroatoms. The summed E-state index contributed by atoms with van der Waals surface area (Å²) in [5, 5.41) is 4.14. The van der Waals surface area contributed by atoms with Crippen LogP contribution >= 0.6 is 0 Å². The number of hydrogen-bond donors (Lipinski definition) is 1. The number of carbonyl (C=O) groups excluding carboxylic acids is 2. The standard InChI is InChI=1S/C18H23N3O4/c1-13(14-6-7-15-16(11-14)25-10-9-24-15)19-20-17(22)12-21-8-4-2-3-5-18(21)23/h6-7,11H,2-5,8-10,12H2,1H3,(H,20,22)/b19-13-. The van der Waals surface area contributed by atoms with Gasteiger partial charge in [0.2, 0.25) is 5.91 Å². The molecule has 25 heavy (non-hydrogen) atoms. The van der Waals surface area contributed by atoms with E-state index in [-0.39, 0.29) is 18.4 Å². The van der Waals surface area contributed by atoms with Crippen LogP contribution in [0.1, 0.15) is 38.2 Å². The summed E-state index contributed by atoms with van der Waals surface area (Å²) in [6.07, 6.45) is 3.40. The van der Waals surface area contributed by atoms with Gasteiger partial charge in [0.05, 0.1) is 5.71 Å². The van der Waals surface area contributed by atoms with Crippen molar-refractivity contribution in [2.24, 2.45) is 5.10 Å². The molecule has 0 unspecified atom stereocenters. The summed E-state index contributed by atoms with van der Waals surface area (Å²) >= 11 is 0. The number of benzene rings is 1. The summed E-state index contributed by atoms with van der Waals surface area (Å²) in [7, 11) is 0. The highest BCUT2D eigenvalue weighted by molar-refractivity contribution is 6.00. The van der Waals surface area contributed by atoms with Gasteiger partial charge in [-0.1, -0.05) is 6.42 Å². The maximum atomic E-state index is 12.1. The summed E-state index contributed by atoms with van der Waals surface area (Å²) in [5.41, 5.74) is 4.04. The lowest BCUT2D eigenvalue weighted by Crippen LogP contribution is -2.39. The molecule has 0 aromatic heterocycles. The van der Waals surface area contributed by atoms with E-state index in [1.807, 2.05) is 25.1 Å². The minimum Gasteiger partial charge on any atom is -0.486 e. The van der Waals surface area contributed by atoms with Crippen molar-refractivity contribution in [2.45, 2.75) is 32.6 Å². The fourth-order valence-electron chi connectivity index (χ4n) is 2.89. The molecule has 0 atom stereocenters. The Kier molecular flexibility index (Phi) is 5.53. The van der Waals surface area contributed by atoms with Gasteiger partial charge in [0.25, 0.3) is 5.91 Å². The van der Waals surface area contributed by atoms with E-state index in [1.165, 1.54) is 0 Å². The van der Waals surface area contributed by atoms with Gasteiger partial charge in [-0.15, -0.1) is 0 Å². The number of nitrogens with one attached hydrogen (secondary N) is 1. The normalized spacial score (nSPS) is 17.9. The molecule has 2 heterocycles. The number of hydrogen-bond acceptors (Lipinski definition) is 5. The second-order valence-electron chi connectivity index (χ2n) is 6.22. The highest BCUT2D eigenvalue weighted by Gasteiger charge is 2.19. The summed E-state index contributed by atoms with van der Waals surface area (Å²) in [6.45, 7) is 3.56. The molecule has 0 aliphatic carbocycles. The molecule has 0 radical (unpaired) electrons. The van der Waals surface area contributed by atoms with E-state index in [2.05, 4.69) is 10.5 Å². The van der Waals surface area contributed by atoms with Crippen LogP contribution in [-0.2, 0) is 9.59 Å². The van der Waals surface area contributed by atoms with Crippen LogP contribution in [0.15, 0.2) is 23.3 Å². The number of rotatable bonds is 4. The predicted molar refractivity (Wildman–Crippen MR) is 92.8 cm³/mol. The van der Waals surface area contributed by atoms with Gasteiger partial charge in [0.1, 0.15) is 19.8 Å². The summed E-state index contributed by atoms with van der Waals surface area (Å²) in [4.78, 5) is 25.6. The molecule has 1 saturated heterocycles. The monoisotopic (exact) mass is 345 g/mol. The predicted octanol–water partition coefficient (Wildman–Crippen LogP) is 1.70. The van der Waals surface area contributed by atoms with Gasteiger partial charge in [0, 0.05) is 18.5 Å². The van der Waals surface area contributed by atoms with Crippen LogP contribution < -0.4 is 14.9 Å². The summed E-state index contributed by atoms with van der Waals surface area (Å²) in [6, 6.07) is 5.55. The van der Waals surface area contributed by atoms with E-state index >= 15 is 0 Å². The number of hydrazone groups is 1. The smallest absolute Gasteiger partial charge is 0.259 e. The average molecular weight is 345 g/mol. The van der Waals surface area contributed by atoms with Gasteiger partial charge >= 0.3 is 0 Å². The van der Waals surface area contributed by atoms with Crippen molar-refractivity contribution in [3.05, 3.63) is 23.8 Å². The Bertz CT molecular complexity index is 687. The first-order chi connectivity index (χ1) is 12.1. The largest absolute Gasteiger partial charge is 0.486 e. The van der Waals surface area contributed by atoms with E-state index in [0.717, 1.165) is 24.8 Å². The number of likely N-dealkylation sites (tertiary alicyclic amines) is 1. The van der Waals surface area contributed by atoms with Crippen molar-refractivity contribution in [3.63, 3.8) is 0 Å². The van der Waals surface area contributed by atoms with Crippen molar-refractivity contribution < 1.29 is 19.1 Å². The molecule has 2 aliphatic heterocycles. The Morgan fingerprint density at radius 3 is 2.84 bits per heavy atom. The van der Waals surface area contributed by atoms with E-state index in [0.29, 0.717) is 43.4 Å². The quantitative estimate of drug-likeness (QED) is 0.665. The molecule has 2 amide bonds. The van der Waals surface area contributed by atoms with Gasteiger partial charge in [0.15, 0.2) is 11.5 Å². The SMILES string of the molecule is C/C(=N/NC(=O)CN1CCCCCC1=O)c1ccc2c(c1)OCCO2. The fourth-order valence-corrected chi connectivity index (χ4v) is 2.89. The molecule has 0 spiro atoms. The zero-order valence-corrected chi connectivity index (χ0v) is 14.4. The van der Waals surface area contributed by atoms with Crippen molar-refractivity contribution in [3.8, 4) is 11.5 Å². The van der Waals surface area contributed by atoms with Gasteiger partial charge in [-0.05, 0) is 38.0 Å². The lowest BCUT2D eigenvalue weighted by atomic mass is 10.1. The van der Waals surface area contributed by atoms with Crippen LogP contribution in [0.2, 0.25) is 0 Å². The third-order valence-corrected chi connectivity index (χ3v) is 4.31. The molecular formula is C18H23N3O4. The molecule has 134 valence electrons. The number of amides is 2. The van der Waals surface area contributed by atoms with Crippen LogP contribution in [-0.4, -0.2) is 48.7 Å². The minimum atomic E-state index is -0.285. The van der Waals surface area contributed by atoms with E-state index in [4.69, 9.17) is 9.47 Å². The van der Waals surface area contributed by atoms with Gasteiger partial charge < -0.3 is 14.4 Å². The van der Waals surface area contributed by atoms with Crippen molar-refractivity contribution in [2.75, 3.05) is 26.3 Å². The molecule has 1 aromatic carbocycles. The second kappa shape index (κ2) is 8.00. The van der Waals surface area contributed by atoms with Crippen LogP contribution in [0.25, 0.3) is 0 Å². The molecule has 0 saturated carbocycles. The maximum absolute atomic E-state index is 12.1. The van der Waals surface area contributed by atoms with Crippen LogP contribution in [0.5, 0.6) is 11.5 Å². The molecule has 3 rings (SSSR count). The maximum Gasteiger partial charge on any atom is 0.259 e. The Labute approximate surface area is 147 Å². The van der Waals surface area contributed by atoms with Gasteiger partial charge in [-0.25, -0.2) is 5.43 Å². The molecule has 1 aromatic rings. The Morgan fingerprint density at radius 1 is 1.20 bits per heavy atom. The highest BCUT2D eigenvalue weighted by Crippen LogP contribution is 2.30. The first-order valence-corrected chi connectivity index (χ1v) is 8.64. The Morgan fingerprint density at radius 2 is 2.00 bits per heavy atom. The van der Waals surface area contributed by atoms with Crippen LogP contribution in [0, 0.1) is 0 Å². The Balaban J connectivity index is 1.59. The van der Waals surface area contributed by atoms with E-state index in [9.17, 15) is 9.59 Å². The third-order valence-electron chi connectivity index (χ3n) is 4.31. The first kappa shape index (κ1) is 17.3. The first-order valence-electron chi connectivity index (χ1n) is 8.64. The molecule has 0 bridgehead atoms. The van der Waals surface area contributed by atoms with Gasteiger partial charge in [-0.3, -0.25) is 9.59 Å². The summed E-state index contributed by atoms with van der Waals surface area (Å²) in [5.74, 6) is 1.15. The number of nitrogens with zero attached hydrogens (tertiary/aromatic N) is 2. The van der Waals surface area contributed by atoms with Crippen molar-refractivity contribution in [1.82, 2.24) is 10.3 Å². The molecule has 1 fully saturated rings. The number of fused-ring (bicyclic) bond motifs is 1. The second-order valence-corrected chi connectivity index (χ2v) is 6.22. The highest BCUT2D eigenvalue weighted by atomic mass is 16.6. The van der Waals surface area contributed by atoms with Gasteiger partial charge in [-0.2, -0.15) is 5.10 Å². The van der Waals surface area contributed by atoms with Crippen molar-refractivity contribution in [1.29, 1.82) is 0 Å². The average Bonchev–Trinajstić information content (AvgIpc) is 2.83. The lowest BCUT2D eigenvalue weighted by molar-refractivity contribution is -0.135. The molecular weight excluding hydrogens is 322 g/mol. The molecule has 2 aliphatic rings. The fraction of sp³-hybridized carbons (Fsp3) is 0.500. The van der Waals surface area contributed by atoms with Crippen LogP contribution in [0.4, 0.5) is 0 Å². The van der Waals surface area contributed by atoms with E-state index < -0.39 is 0 Å². The van der Waals surface area contributed by atoms with E-state index in [1.54, 1.807) is 4.90 Å². The zero-order chi connectivity index (χ0) is 17.6. The summed E-state index contributed by atoms with van der Waals surface area (Å²) < 4.78 is 11.0. The zero-order valence-electron chi connectivity index (χ0n) is 14.4. The third kappa shape index (κ3) is 4.49. The lowest BCUT2D eigenvalue weighted by Gasteiger charge is -2.19.